The summed E-state index contributed by atoms with van der Waals surface area (Å²) in [6.45, 7) is 19.0. The summed E-state index contributed by atoms with van der Waals surface area (Å²) in [4.78, 5) is 14.2. The Morgan fingerprint density at radius 2 is 0.991 bits per heavy atom. The zero-order valence-corrected chi connectivity index (χ0v) is 65.6. The molecule has 0 bridgehead atoms. The van der Waals surface area contributed by atoms with Crippen LogP contribution < -0.4 is 11.5 Å². The highest BCUT2D eigenvalue weighted by Gasteiger charge is 2.53. The van der Waals surface area contributed by atoms with Crippen molar-refractivity contribution in [3.05, 3.63) is 35.5 Å². The Balaban J connectivity index is 1.70. The number of carbonyl (C=O) groups excluding carboxylic acids is 1. The fraction of sp³-hybridized carbons (Fsp3) is 0.909. The van der Waals surface area contributed by atoms with E-state index in [1.54, 1.807) is 46.8 Å². The topological polar surface area (TPSA) is 559 Å². The van der Waals surface area contributed by atoms with Crippen molar-refractivity contribution in [3.63, 3.8) is 0 Å². The molecule has 3 saturated heterocycles. The van der Waals surface area contributed by atoms with Gasteiger partial charge in [-0.25, -0.2) is 0 Å². The van der Waals surface area contributed by atoms with Crippen molar-refractivity contribution >= 4 is 5.97 Å². The Labute approximate surface area is 638 Å². The maximum absolute atomic E-state index is 14.2. The first kappa shape index (κ1) is 97.9. The van der Waals surface area contributed by atoms with E-state index >= 15 is 0 Å². The third kappa shape index (κ3) is 29.4. The van der Waals surface area contributed by atoms with Crippen molar-refractivity contribution < 1.29 is 145 Å². The van der Waals surface area contributed by atoms with E-state index in [1.165, 1.54) is 33.8 Å². The highest BCUT2D eigenvalue weighted by Crippen LogP contribution is 2.37. The van der Waals surface area contributed by atoms with Gasteiger partial charge < -0.3 is 152 Å². The molecule has 25 N–H and O–H groups in total. The molecule has 4 aliphatic rings. The van der Waals surface area contributed by atoms with Gasteiger partial charge in [-0.15, -0.1) is 0 Å². The van der Waals surface area contributed by atoms with Crippen molar-refractivity contribution in [1.82, 2.24) is 0 Å². The number of allylic oxidation sites excluding steroid dienone is 1. The van der Waals surface area contributed by atoms with E-state index in [1.807, 2.05) is 19.9 Å². The number of hydrogen-bond donors (Lipinski definition) is 23. The number of carbonyl (C=O) groups is 1. The lowest BCUT2D eigenvalue weighted by molar-refractivity contribution is -0.364. The van der Waals surface area contributed by atoms with E-state index in [9.17, 15) is 112 Å². The first-order chi connectivity index (χ1) is 50.6. The van der Waals surface area contributed by atoms with Crippen LogP contribution >= 0.6 is 0 Å². The molecule has 0 unspecified atom stereocenters. The number of nitrogens with two attached hydrogens (primary N) is 2. The normalized spacial score (nSPS) is 45.0. The lowest BCUT2D eigenvalue weighted by Gasteiger charge is -2.46. The largest absolute Gasteiger partial charge is 0.462 e. The second-order valence-electron chi connectivity index (χ2n) is 32.5. The maximum atomic E-state index is 14.2. The summed E-state index contributed by atoms with van der Waals surface area (Å²) in [5.41, 5.74) is 12.6. The molecule has 0 aliphatic carbocycles. The monoisotopic (exact) mass is 1560 g/mol. The quantitative estimate of drug-likeness (QED) is 0.0462. The van der Waals surface area contributed by atoms with Crippen molar-refractivity contribution in [2.45, 2.75) is 369 Å². The van der Waals surface area contributed by atoms with E-state index < -0.39 is 258 Å². The number of hydrogen-bond acceptors (Lipinski definition) is 31. The van der Waals surface area contributed by atoms with Crippen LogP contribution in [0, 0.1) is 53.3 Å². The van der Waals surface area contributed by atoms with E-state index in [0.29, 0.717) is 31.4 Å². The Kier molecular flexibility index (Phi) is 43.1. The van der Waals surface area contributed by atoms with Gasteiger partial charge in [-0.2, -0.15) is 0 Å². The molecule has 0 amide bonds. The first-order valence-corrected chi connectivity index (χ1v) is 39.4. The average Bonchev–Trinajstić information content (AvgIpc) is 0.786. The number of rotatable bonds is 17. The zero-order valence-electron chi connectivity index (χ0n) is 65.6. The number of esters is 1. The number of ether oxygens (including phenoxy) is 7. The molecule has 31 heteroatoms. The van der Waals surface area contributed by atoms with Gasteiger partial charge in [-0.05, 0) is 120 Å². The molecule has 4 aliphatic heterocycles. The molecule has 31 nitrogen and oxygen atoms in total. The highest BCUT2D eigenvalue weighted by molar-refractivity contribution is 5.69. The van der Waals surface area contributed by atoms with Crippen LogP contribution in [0.5, 0.6) is 0 Å². The van der Waals surface area contributed by atoms with Gasteiger partial charge in [0, 0.05) is 48.3 Å². The van der Waals surface area contributed by atoms with E-state index in [-0.39, 0.29) is 55.4 Å². The molecule has 0 spiro atoms. The Hall–Kier alpha value is -2.47. The van der Waals surface area contributed by atoms with Gasteiger partial charge in [0.25, 0.3) is 0 Å². The Bertz CT molecular complexity index is 2600. The molecule has 39 atom stereocenters. The third-order valence-corrected chi connectivity index (χ3v) is 23.2. The number of aliphatic hydroxyl groups is 21. The molecular formula is C77H142N2O29. The molecule has 0 aromatic carbocycles. The summed E-state index contributed by atoms with van der Waals surface area (Å²) in [6.07, 6.45) is -33.8. The van der Waals surface area contributed by atoms with Crippen molar-refractivity contribution in [3.8, 4) is 0 Å². The molecule has 0 aromatic heterocycles. The smallest absolute Gasteiger partial charge is 0.306 e. The maximum Gasteiger partial charge on any atom is 0.306 e. The Morgan fingerprint density at radius 3 is 1.54 bits per heavy atom. The number of unbranched alkanes of at least 4 members (excludes halogenated alkanes) is 3. The molecule has 0 radical (unpaired) electrons. The molecule has 3 fully saturated rings. The second kappa shape index (κ2) is 47.5. The molecule has 108 heavy (non-hydrogen) atoms. The SMILES string of the molecule is CC1=C[C@H](O[C@H]2O[C@H](CO)[C@@H](O)[C@H](O[C@H]3O[C@H](CO)[C@@H](O)[C@H](O)[C@@H]3O)[C@@H]2O)[C@@H](O)[C@H](C)[C@H](O)C[C@H](O)C[C@@H](O)[C@H](C)[C@H](O)C[C@H](O)C[C@@H](O)[C@H](C)[C@@H](O)C[C@@H](O)C[C@H](O[C@@H]2O[C@H](C)[C@@H](O)[C@H](N)[C@H]2O)[C@@H](C)[C@@H]([C@@H](C)C[C@H](C)CCCCCCN)OC(=O)CC[C@@H](C)[C@@H](O)CCC=C[C@H](C)[C@@H](O)C(C)=C[C@H](C)[C@H]1O. The fourth-order valence-electron chi connectivity index (χ4n) is 15.2. The van der Waals surface area contributed by atoms with Crippen LogP contribution in [0.4, 0.5) is 0 Å². The van der Waals surface area contributed by atoms with E-state index in [0.717, 1.165) is 32.1 Å². The molecular weight excluding hydrogens is 1420 g/mol. The van der Waals surface area contributed by atoms with Gasteiger partial charge in [0.15, 0.2) is 18.9 Å². The standard InChI is InChI=1S/C77H142N2O29/c1-36(19-15-13-14-18-24-78)25-42(7)73-46(11)57(103-75-69(98)62(79)66(95)47(12)102-75)33-50(84)32-55(89)44(9)53(87)29-48(82)28-52(86)43(8)54(88)30-49(83)31-56(90)45(10)65(94)58(104-77-72(101)74(68(97)60(35-81)106-77)108-76-71(100)70(99)67(96)59(34-80)105-76)27-41(6)64(93)40(5)26-39(4)63(92)38(3)20-16-17-21-51(85)37(2)22-23-61(91)107-73/h16,20,26-27,36-38,40,42-60,62-77,80-90,92-101H,13-15,17-19,21-25,28-35,78-79H2,1-12H3/t36-,37-,38+,40+,42+,43-,44+,45-,46-,47-,48+,49-,50-,51+,52-,53-,54-,55+,56-,57+,58+,59-,60-,62+,63-,64-,65+,66-,67-,68-,69-,70+,71+,72+,73-,74+,75+,76-,77+/m1/s1. The first-order valence-electron chi connectivity index (χ1n) is 39.4. The summed E-state index contributed by atoms with van der Waals surface area (Å²) in [5.74, 6) is -6.38. The van der Waals surface area contributed by atoms with E-state index in [4.69, 9.17) is 44.6 Å². The van der Waals surface area contributed by atoms with Gasteiger partial charge in [-0.3, -0.25) is 4.79 Å². The van der Waals surface area contributed by atoms with Gasteiger partial charge in [0.05, 0.1) is 111 Å². The van der Waals surface area contributed by atoms with E-state index in [2.05, 4.69) is 6.92 Å². The molecule has 4 rings (SSSR count). The summed E-state index contributed by atoms with van der Waals surface area (Å²) >= 11 is 0. The van der Waals surface area contributed by atoms with Crippen LogP contribution in [-0.2, 0) is 38.0 Å². The van der Waals surface area contributed by atoms with Crippen molar-refractivity contribution in [2.24, 2.45) is 64.7 Å². The number of aliphatic hydroxyl groups excluding tert-OH is 21. The summed E-state index contributed by atoms with van der Waals surface area (Å²) in [5, 5.41) is 236. The molecule has 4 heterocycles. The lowest BCUT2D eigenvalue weighted by Crippen LogP contribution is -2.65. The lowest BCUT2D eigenvalue weighted by atomic mass is 9.81. The minimum absolute atomic E-state index is 0.0848. The average molecular weight is 1560 g/mol. The zero-order chi connectivity index (χ0) is 81.5. The second-order valence-corrected chi connectivity index (χ2v) is 32.5. The summed E-state index contributed by atoms with van der Waals surface area (Å²) in [6, 6.07) is -1.19. The summed E-state index contributed by atoms with van der Waals surface area (Å²) < 4.78 is 42.2. The predicted octanol–water partition coefficient (Wildman–Crippen LogP) is -1.20. The van der Waals surface area contributed by atoms with Gasteiger partial charge in [0.1, 0.15) is 67.1 Å². The van der Waals surface area contributed by atoms with Crippen LogP contribution in [0.15, 0.2) is 35.5 Å². The number of cyclic esters (lactones) is 1. The van der Waals surface area contributed by atoms with Crippen molar-refractivity contribution in [1.29, 1.82) is 0 Å². The highest BCUT2D eigenvalue weighted by atomic mass is 16.7. The predicted molar refractivity (Wildman–Crippen MR) is 394 cm³/mol. The fourth-order valence-corrected chi connectivity index (χ4v) is 15.2. The van der Waals surface area contributed by atoms with Crippen molar-refractivity contribution in [2.75, 3.05) is 19.8 Å². The molecule has 0 aromatic rings. The van der Waals surface area contributed by atoms with Crippen LogP contribution in [0.3, 0.4) is 0 Å². The molecule has 0 saturated carbocycles. The molecule has 634 valence electrons. The van der Waals surface area contributed by atoms with Crippen LogP contribution in [0.2, 0.25) is 0 Å². The van der Waals surface area contributed by atoms with Gasteiger partial charge >= 0.3 is 5.97 Å². The van der Waals surface area contributed by atoms with Gasteiger partial charge in [0.2, 0.25) is 0 Å². The van der Waals surface area contributed by atoms with Gasteiger partial charge in [-0.1, -0.05) is 112 Å². The van der Waals surface area contributed by atoms with Crippen LogP contribution in [0.25, 0.3) is 0 Å². The minimum atomic E-state index is -2.09. The minimum Gasteiger partial charge on any atom is -0.462 e. The summed E-state index contributed by atoms with van der Waals surface area (Å²) in [7, 11) is 0. The van der Waals surface area contributed by atoms with Crippen LogP contribution in [-0.4, -0.2) is 317 Å². The Morgan fingerprint density at radius 1 is 0.500 bits per heavy atom. The third-order valence-electron chi connectivity index (χ3n) is 23.2. The van der Waals surface area contributed by atoms with Crippen LogP contribution in [0.1, 0.15) is 186 Å².